The van der Waals surface area contributed by atoms with Gasteiger partial charge in [0.25, 0.3) is 0 Å². The van der Waals surface area contributed by atoms with Crippen molar-refractivity contribution in [3.63, 3.8) is 0 Å². The Kier molecular flexibility index (Phi) is 4.23. The first-order valence-corrected chi connectivity index (χ1v) is 5.28. The van der Waals surface area contributed by atoms with E-state index < -0.39 is 17.4 Å². The molecular weight excluding hydrogens is 220 g/mol. The fourth-order valence-corrected chi connectivity index (χ4v) is 1.58. The van der Waals surface area contributed by atoms with Crippen LogP contribution in [-0.4, -0.2) is 22.5 Å². The molecule has 1 rings (SSSR count). The molecule has 0 fully saturated rings. The summed E-state index contributed by atoms with van der Waals surface area (Å²) in [4.78, 5) is 21.9. The van der Waals surface area contributed by atoms with Gasteiger partial charge in [-0.3, -0.25) is 9.59 Å². The summed E-state index contributed by atoms with van der Waals surface area (Å²) in [5, 5.41) is 9.13. The molecule has 92 valence electrons. The molecule has 1 aromatic rings. The van der Waals surface area contributed by atoms with E-state index in [1.165, 1.54) is 0 Å². The summed E-state index contributed by atoms with van der Waals surface area (Å²) in [5.74, 6) is -1.67. The minimum atomic E-state index is -1.45. The molecule has 0 aliphatic rings. The smallest absolute Gasteiger partial charge is 0.324 e. The van der Waals surface area contributed by atoms with Gasteiger partial charge in [-0.1, -0.05) is 30.3 Å². The number of carboxylic acids is 1. The van der Waals surface area contributed by atoms with Gasteiger partial charge in [-0.15, -0.1) is 0 Å². The number of hydrogen-bond acceptors (Lipinski definition) is 3. The average Bonchev–Trinajstić information content (AvgIpc) is 2.27. The minimum Gasteiger partial charge on any atom is -0.480 e. The highest BCUT2D eigenvalue weighted by Gasteiger charge is 2.34. The van der Waals surface area contributed by atoms with Crippen LogP contribution >= 0.6 is 0 Å². The summed E-state index contributed by atoms with van der Waals surface area (Å²) in [5.41, 5.74) is 10.2. The van der Waals surface area contributed by atoms with Gasteiger partial charge >= 0.3 is 5.97 Å². The Morgan fingerprint density at radius 2 is 1.82 bits per heavy atom. The maximum Gasteiger partial charge on any atom is 0.324 e. The van der Waals surface area contributed by atoms with E-state index in [0.717, 1.165) is 5.56 Å². The van der Waals surface area contributed by atoms with Crippen molar-refractivity contribution in [1.82, 2.24) is 0 Å². The Morgan fingerprint density at radius 3 is 2.29 bits per heavy atom. The zero-order valence-electron chi connectivity index (χ0n) is 9.43. The van der Waals surface area contributed by atoms with E-state index in [4.69, 9.17) is 16.6 Å². The predicted molar refractivity (Wildman–Crippen MR) is 63.1 cm³/mol. The Hall–Kier alpha value is -1.88. The normalized spacial score (nSPS) is 13.9. The summed E-state index contributed by atoms with van der Waals surface area (Å²) < 4.78 is 0. The van der Waals surface area contributed by atoms with Gasteiger partial charge in [-0.05, 0) is 12.0 Å². The highest BCUT2D eigenvalue weighted by Crippen LogP contribution is 2.17. The molecule has 0 spiro atoms. The number of nitrogens with two attached hydrogens (primary N) is 2. The molecule has 5 heteroatoms. The quantitative estimate of drug-likeness (QED) is 0.659. The second kappa shape index (κ2) is 5.45. The van der Waals surface area contributed by atoms with Crippen molar-refractivity contribution in [2.75, 3.05) is 0 Å². The number of aliphatic carboxylic acids is 1. The molecule has 0 radical (unpaired) electrons. The second-order valence-corrected chi connectivity index (χ2v) is 4.09. The minimum absolute atomic E-state index is 0.0321. The third-order valence-electron chi connectivity index (χ3n) is 2.61. The standard InChI is InChI=1S/C12H16N2O3/c13-10(15)6-7-12(14,11(16)17)8-9-4-2-1-3-5-9/h1-5H,6-8,14H2,(H2,13,15)(H,16,17)/t12-/m1/s1. The number of carbonyl (C=O) groups is 2. The second-order valence-electron chi connectivity index (χ2n) is 4.09. The van der Waals surface area contributed by atoms with E-state index in [-0.39, 0.29) is 19.3 Å². The Morgan fingerprint density at radius 1 is 1.24 bits per heavy atom. The number of carboxylic acid groups (broad SMARTS) is 1. The average molecular weight is 236 g/mol. The SMILES string of the molecule is NC(=O)CC[C@@](N)(Cc1ccccc1)C(=O)O. The van der Waals surface area contributed by atoms with Crippen LogP contribution in [0, 0.1) is 0 Å². The number of amides is 1. The first-order chi connectivity index (χ1) is 7.94. The summed E-state index contributed by atoms with van der Waals surface area (Å²) in [7, 11) is 0. The molecule has 0 saturated carbocycles. The molecule has 0 bridgehead atoms. The van der Waals surface area contributed by atoms with Gasteiger partial charge in [0.05, 0.1) is 0 Å². The Bertz CT molecular complexity index is 405. The Labute approximate surface area is 99.4 Å². The summed E-state index contributed by atoms with van der Waals surface area (Å²) in [6, 6.07) is 9.06. The first-order valence-electron chi connectivity index (χ1n) is 5.28. The molecular formula is C12H16N2O3. The third-order valence-corrected chi connectivity index (χ3v) is 2.61. The van der Waals surface area contributed by atoms with Crippen molar-refractivity contribution in [3.05, 3.63) is 35.9 Å². The van der Waals surface area contributed by atoms with Crippen LogP contribution in [0.5, 0.6) is 0 Å². The van der Waals surface area contributed by atoms with E-state index in [2.05, 4.69) is 0 Å². The maximum absolute atomic E-state index is 11.2. The molecule has 0 aliphatic heterocycles. The van der Waals surface area contributed by atoms with E-state index in [9.17, 15) is 9.59 Å². The summed E-state index contributed by atoms with van der Waals surface area (Å²) in [6.45, 7) is 0. The van der Waals surface area contributed by atoms with Gasteiger partial charge in [0, 0.05) is 12.8 Å². The predicted octanol–water partition coefficient (Wildman–Crippen LogP) is 0.277. The van der Waals surface area contributed by atoms with E-state index in [1.807, 2.05) is 18.2 Å². The van der Waals surface area contributed by atoms with Crippen molar-refractivity contribution in [3.8, 4) is 0 Å². The molecule has 5 N–H and O–H groups in total. The van der Waals surface area contributed by atoms with Crippen LogP contribution in [-0.2, 0) is 16.0 Å². The molecule has 0 heterocycles. The highest BCUT2D eigenvalue weighted by atomic mass is 16.4. The largest absolute Gasteiger partial charge is 0.480 e. The fraction of sp³-hybridized carbons (Fsp3) is 0.333. The van der Waals surface area contributed by atoms with Gasteiger partial charge in [0.2, 0.25) is 5.91 Å². The lowest BCUT2D eigenvalue weighted by Crippen LogP contribution is -2.50. The zero-order valence-corrected chi connectivity index (χ0v) is 9.43. The van der Waals surface area contributed by atoms with Gasteiger partial charge in [0.15, 0.2) is 0 Å². The molecule has 0 saturated heterocycles. The van der Waals surface area contributed by atoms with Crippen LogP contribution in [0.15, 0.2) is 30.3 Å². The molecule has 17 heavy (non-hydrogen) atoms. The Balaban J connectivity index is 2.78. The molecule has 0 aromatic heterocycles. The van der Waals surface area contributed by atoms with Gasteiger partial charge in [0.1, 0.15) is 5.54 Å². The van der Waals surface area contributed by atoms with Crippen molar-refractivity contribution in [2.45, 2.75) is 24.8 Å². The first kappa shape index (κ1) is 13.2. The topological polar surface area (TPSA) is 106 Å². The maximum atomic E-state index is 11.2. The lowest BCUT2D eigenvalue weighted by atomic mass is 9.87. The van der Waals surface area contributed by atoms with Crippen LogP contribution in [0.1, 0.15) is 18.4 Å². The van der Waals surface area contributed by atoms with Gasteiger partial charge in [-0.25, -0.2) is 0 Å². The number of primary amides is 1. The van der Waals surface area contributed by atoms with E-state index >= 15 is 0 Å². The third kappa shape index (κ3) is 3.88. The monoisotopic (exact) mass is 236 g/mol. The van der Waals surface area contributed by atoms with Gasteiger partial charge < -0.3 is 16.6 Å². The lowest BCUT2D eigenvalue weighted by Gasteiger charge is -2.24. The summed E-state index contributed by atoms with van der Waals surface area (Å²) in [6.07, 6.45) is 0.179. The van der Waals surface area contributed by atoms with Crippen LogP contribution in [0.3, 0.4) is 0 Å². The van der Waals surface area contributed by atoms with Crippen molar-refractivity contribution < 1.29 is 14.7 Å². The zero-order chi connectivity index (χ0) is 12.9. The number of hydrogen-bond donors (Lipinski definition) is 3. The summed E-state index contributed by atoms with van der Waals surface area (Å²) >= 11 is 0. The van der Waals surface area contributed by atoms with Crippen LogP contribution in [0.4, 0.5) is 0 Å². The number of rotatable bonds is 6. The number of carbonyl (C=O) groups excluding carboxylic acids is 1. The van der Waals surface area contributed by atoms with Crippen LogP contribution in [0.2, 0.25) is 0 Å². The molecule has 1 atom stereocenters. The molecule has 1 aromatic carbocycles. The fourth-order valence-electron chi connectivity index (χ4n) is 1.58. The van der Waals surface area contributed by atoms with Crippen LogP contribution < -0.4 is 11.5 Å². The van der Waals surface area contributed by atoms with Crippen molar-refractivity contribution >= 4 is 11.9 Å². The molecule has 0 aliphatic carbocycles. The lowest BCUT2D eigenvalue weighted by molar-refractivity contribution is -0.143. The van der Waals surface area contributed by atoms with Gasteiger partial charge in [-0.2, -0.15) is 0 Å². The molecule has 1 amide bonds. The van der Waals surface area contributed by atoms with E-state index in [0.29, 0.717) is 0 Å². The highest BCUT2D eigenvalue weighted by molar-refractivity contribution is 5.81. The number of benzene rings is 1. The molecule has 5 nitrogen and oxygen atoms in total. The van der Waals surface area contributed by atoms with Crippen molar-refractivity contribution in [2.24, 2.45) is 11.5 Å². The molecule has 0 unspecified atom stereocenters. The van der Waals surface area contributed by atoms with Crippen LogP contribution in [0.25, 0.3) is 0 Å². The van der Waals surface area contributed by atoms with Crippen molar-refractivity contribution in [1.29, 1.82) is 0 Å². The van der Waals surface area contributed by atoms with E-state index in [1.54, 1.807) is 12.1 Å².